The highest BCUT2D eigenvalue weighted by atomic mass is 32.2. The van der Waals surface area contributed by atoms with Crippen LogP contribution >= 0.6 is 11.8 Å². The summed E-state index contributed by atoms with van der Waals surface area (Å²) in [5.41, 5.74) is 5.56. The molecule has 0 aliphatic rings. The minimum Gasteiger partial charge on any atom is -0.481 e. The predicted molar refractivity (Wildman–Crippen MR) is 135 cm³/mol. The van der Waals surface area contributed by atoms with E-state index in [1.54, 1.807) is 60.8 Å². The molecule has 33 heavy (non-hydrogen) atoms. The van der Waals surface area contributed by atoms with Crippen molar-refractivity contribution >= 4 is 23.7 Å². The summed E-state index contributed by atoms with van der Waals surface area (Å²) in [5, 5.41) is 37.5. The third-order valence-electron chi connectivity index (χ3n) is 4.20. The average Bonchev–Trinajstić information content (AvgIpc) is 2.76. The molecular formula is C25H37NO6S. The van der Waals surface area contributed by atoms with Gasteiger partial charge < -0.3 is 26.2 Å². The van der Waals surface area contributed by atoms with E-state index in [0.717, 1.165) is 6.42 Å². The van der Waals surface area contributed by atoms with Crippen LogP contribution in [0.4, 0.5) is 0 Å². The molecule has 0 bridgehead atoms. The zero-order chi connectivity index (χ0) is 24.9. The Morgan fingerprint density at radius 2 is 1.48 bits per heavy atom. The number of carboxylic acid groups (broad SMARTS) is 2. The second kappa shape index (κ2) is 20.2. The number of hydrogen-bond acceptors (Lipinski definition) is 6. The van der Waals surface area contributed by atoms with Crippen molar-refractivity contribution in [1.29, 1.82) is 0 Å². The Labute approximate surface area is 200 Å². The lowest BCUT2D eigenvalue weighted by atomic mass is 10.1. The molecular weight excluding hydrogens is 442 g/mol. The molecule has 0 aromatic heterocycles. The summed E-state index contributed by atoms with van der Waals surface area (Å²) in [4.78, 5) is 21.5. The fourth-order valence-electron chi connectivity index (χ4n) is 2.38. The second-order valence-electron chi connectivity index (χ2n) is 7.17. The molecule has 0 aromatic rings. The van der Waals surface area contributed by atoms with E-state index in [0.29, 0.717) is 19.3 Å². The van der Waals surface area contributed by atoms with Gasteiger partial charge in [0.15, 0.2) is 0 Å². The Morgan fingerprint density at radius 3 is 2.09 bits per heavy atom. The molecule has 7 nitrogen and oxygen atoms in total. The van der Waals surface area contributed by atoms with Crippen LogP contribution in [0.15, 0.2) is 72.9 Å². The van der Waals surface area contributed by atoms with Crippen LogP contribution in [0.3, 0.4) is 0 Å². The van der Waals surface area contributed by atoms with E-state index >= 15 is 0 Å². The lowest BCUT2D eigenvalue weighted by Crippen LogP contribution is -2.34. The largest absolute Gasteiger partial charge is 0.481 e. The molecule has 0 fully saturated rings. The van der Waals surface area contributed by atoms with Gasteiger partial charge >= 0.3 is 11.9 Å². The maximum atomic E-state index is 11.0. The van der Waals surface area contributed by atoms with Crippen LogP contribution in [0.25, 0.3) is 0 Å². The van der Waals surface area contributed by atoms with Crippen molar-refractivity contribution in [3.8, 4) is 0 Å². The van der Waals surface area contributed by atoms with E-state index < -0.39 is 30.2 Å². The standard InChI is InChI=1S/C25H37NO6S/c1-2-3-9-14-20(27)15-10-6-4-5-7-12-17-23(33-19-21(26)25(31)32)22(28)16-11-8-13-18-24(29)30/h3-12,15,17,20-23,27-28H,2,13-14,16,18-19,26H2,1H3,(H,29,30)(H,31,32). The van der Waals surface area contributed by atoms with Crippen LogP contribution in [0, 0.1) is 0 Å². The smallest absolute Gasteiger partial charge is 0.321 e. The van der Waals surface area contributed by atoms with Gasteiger partial charge in [-0.1, -0.05) is 79.8 Å². The fraction of sp³-hybridized carbons (Fsp3) is 0.440. The first-order chi connectivity index (χ1) is 15.8. The summed E-state index contributed by atoms with van der Waals surface area (Å²) in [6.07, 6.45) is 22.6. The number of nitrogens with two attached hydrogens (primary N) is 1. The normalized spacial score (nSPS) is 16.6. The molecule has 0 aliphatic heterocycles. The average molecular weight is 480 g/mol. The van der Waals surface area contributed by atoms with Gasteiger partial charge in [0.05, 0.1) is 12.2 Å². The Balaban J connectivity index is 4.75. The summed E-state index contributed by atoms with van der Waals surface area (Å²) < 4.78 is 0. The highest BCUT2D eigenvalue weighted by Gasteiger charge is 2.19. The van der Waals surface area contributed by atoms with Crippen molar-refractivity contribution < 1.29 is 30.0 Å². The van der Waals surface area contributed by atoms with Crippen molar-refractivity contribution in [3.05, 3.63) is 72.9 Å². The van der Waals surface area contributed by atoms with E-state index in [1.807, 2.05) is 19.1 Å². The van der Waals surface area contributed by atoms with Crippen LogP contribution in [0.1, 0.15) is 39.0 Å². The van der Waals surface area contributed by atoms with Crippen LogP contribution in [-0.2, 0) is 9.59 Å². The van der Waals surface area contributed by atoms with Crippen molar-refractivity contribution in [1.82, 2.24) is 0 Å². The first-order valence-electron chi connectivity index (χ1n) is 10.9. The van der Waals surface area contributed by atoms with Crippen molar-refractivity contribution in [2.45, 2.75) is 62.5 Å². The second-order valence-corrected chi connectivity index (χ2v) is 8.38. The summed E-state index contributed by atoms with van der Waals surface area (Å²) in [7, 11) is 0. The molecule has 0 heterocycles. The molecule has 0 aromatic carbocycles. The van der Waals surface area contributed by atoms with Gasteiger partial charge in [-0.05, 0) is 25.7 Å². The van der Waals surface area contributed by atoms with Gasteiger partial charge in [0.1, 0.15) is 6.04 Å². The van der Waals surface area contributed by atoms with Crippen LogP contribution in [-0.4, -0.2) is 61.6 Å². The maximum Gasteiger partial charge on any atom is 0.321 e. The lowest BCUT2D eigenvalue weighted by molar-refractivity contribution is -0.138. The number of carboxylic acids is 2. The number of rotatable bonds is 18. The topological polar surface area (TPSA) is 141 Å². The zero-order valence-electron chi connectivity index (χ0n) is 19.1. The fourth-order valence-corrected chi connectivity index (χ4v) is 3.49. The van der Waals surface area contributed by atoms with Crippen molar-refractivity contribution in [3.63, 3.8) is 0 Å². The van der Waals surface area contributed by atoms with Crippen molar-refractivity contribution in [2.75, 3.05) is 5.75 Å². The van der Waals surface area contributed by atoms with Crippen molar-refractivity contribution in [2.24, 2.45) is 5.73 Å². The van der Waals surface area contributed by atoms with Gasteiger partial charge in [0.2, 0.25) is 0 Å². The molecule has 0 saturated heterocycles. The van der Waals surface area contributed by atoms with E-state index in [-0.39, 0.29) is 17.4 Å². The molecule has 6 N–H and O–H groups in total. The van der Waals surface area contributed by atoms with Crippen LogP contribution < -0.4 is 5.73 Å². The molecule has 0 spiro atoms. The SMILES string of the molecule is CCC=CCC(O)C=CC=CC=CC=CC(SCC(N)C(=O)O)C(O)CC=CCCC(=O)O. The first-order valence-corrected chi connectivity index (χ1v) is 12.0. The number of thioether (sulfide) groups is 1. The highest BCUT2D eigenvalue weighted by molar-refractivity contribution is 8.00. The van der Waals surface area contributed by atoms with E-state index in [9.17, 15) is 19.8 Å². The third-order valence-corrected chi connectivity index (χ3v) is 5.61. The number of aliphatic hydroxyl groups excluding tert-OH is 2. The molecule has 8 heteroatoms. The highest BCUT2D eigenvalue weighted by Crippen LogP contribution is 2.20. The number of allylic oxidation sites excluding steroid dienone is 8. The molecule has 0 rings (SSSR count). The van der Waals surface area contributed by atoms with E-state index in [2.05, 4.69) is 0 Å². The molecule has 4 atom stereocenters. The summed E-state index contributed by atoms with van der Waals surface area (Å²) in [6.45, 7) is 2.04. The quantitative estimate of drug-likeness (QED) is 0.148. The maximum absolute atomic E-state index is 11.0. The monoisotopic (exact) mass is 479 g/mol. The van der Waals surface area contributed by atoms with Gasteiger partial charge in [-0.15, -0.1) is 11.8 Å². The minimum atomic E-state index is -1.10. The number of aliphatic carboxylic acids is 2. The van der Waals surface area contributed by atoms with Gasteiger partial charge in [-0.25, -0.2) is 0 Å². The summed E-state index contributed by atoms with van der Waals surface area (Å²) >= 11 is 1.25. The molecule has 4 unspecified atom stereocenters. The molecule has 0 amide bonds. The number of aliphatic hydroxyl groups is 2. The Kier molecular flexibility index (Phi) is 18.8. The third kappa shape index (κ3) is 18.8. The summed E-state index contributed by atoms with van der Waals surface area (Å²) in [6, 6.07) is -1.03. The van der Waals surface area contributed by atoms with Crippen LogP contribution in [0.2, 0.25) is 0 Å². The molecule has 184 valence electrons. The molecule has 0 aliphatic carbocycles. The van der Waals surface area contributed by atoms with E-state index in [1.165, 1.54) is 11.8 Å². The van der Waals surface area contributed by atoms with Crippen LogP contribution in [0.5, 0.6) is 0 Å². The number of carbonyl (C=O) groups is 2. The minimum absolute atomic E-state index is 0.0283. The predicted octanol–water partition coefficient (Wildman–Crippen LogP) is 3.61. The number of hydrogen-bond donors (Lipinski definition) is 5. The Bertz CT molecular complexity index is 726. The van der Waals surface area contributed by atoms with Gasteiger partial charge in [0.25, 0.3) is 0 Å². The Morgan fingerprint density at radius 1 is 0.879 bits per heavy atom. The zero-order valence-corrected chi connectivity index (χ0v) is 19.9. The van der Waals surface area contributed by atoms with Gasteiger partial charge in [0, 0.05) is 17.4 Å². The van der Waals surface area contributed by atoms with E-state index in [4.69, 9.17) is 15.9 Å². The lowest BCUT2D eigenvalue weighted by Gasteiger charge is -2.19. The summed E-state index contributed by atoms with van der Waals surface area (Å²) in [5.74, 6) is -1.83. The Hall–Kier alpha value is -2.39. The molecule has 0 saturated carbocycles. The first kappa shape index (κ1) is 30.6. The molecule has 0 radical (unpaired) electrons. The van der Waals surface area contributed by atoms with Gasteiger partial charge in [-0.2, -0.15) is 0 Å². The van der Waals surface area contributed by atoms with Gasteiger partial charge in [-0.3, -0.25) is 9.59 Å².